The number of carbonyl (C=O) groups is 1. The summed E-state index contributed by atoms with van der Waals surface area (Å²) in [6.07, 6.45) is 2.20. The Morgan fingerprint density at radius 2 is 2.00 bits per heavy atom. The van der Waals surface area contributed by atoms with Crippen LogP contribution in [0.1, 0.15) is 23.2 Å². The number of pyridine rings is 2. The van der Waals surface area contributed by atoms with Crippen molar-refractivity contribution in [2.24, 2.45) is 0 Å². The van der Waals surface area contributed by atoms with E-state index in [1.165, 1.54) is 6.07 Å². The summed E-state index contributed by atoms with van der Waals surface area (Å²) in [5.41, 5.74) is 1.49. The van der Waals surface area contributed by atoms with Gasteiger partial charge in [-0.3, -0.25) is 9.59 Å². The summed E-state index contributed by atoms with van der Waals surface area (Å²) >= 11 is 0. The second-order valence-electron chi connectivity index (χ2n) is 7.66. The number of carbonyl (C=O) groups excluding carboxylic acids is 1. The molecule has 1 amide bonds. The second kappa shape index (κ2) is 8.56. The lowest BCUT2D eigenvalue weighted by Crippen LogP contribution is -2.49. The number of aromatic nitrogens is 2. The molecule has 4 rings (SSSR count). The predicted molar refractivity (Wildman–Crippen MR) is 115 cm³/mol. The largest absolute Gasteiger partial charge is 0.353 e. The Hall–Kier alpha value is -3.73. The zero-order valence-corrected chi connectivity index (χ0v) is 17.2. The van der Waals surface area contributed by atoms with Gasteiger partial charge < -0.3 is 14.8 Å². The van der Waals surface area contributed by atoms with Gasteiger partial charge in [-0.15, -0.1) is 0 Å². The Morgan fingerprint density at radius 1 is 1.23 bits per heavy atom. The van der Waals surface area contributed by atoms with Crippen LogP contribution in [0.2, 0.25) is 0 Å². The number of anilines is 1. The van der Waals surface area contributed by atoms with Crippen molar-refractivity contribution in [1.29, 1.82) is 5.26 Å². The number of piperazine rings is 1. The first-order valence-corrected chi connectivity index (χ1v) is 10.2. The molecule has 1 saturated heterocycles. The predicted octanol–water partition coefficient (Wildman–Crippen LogP) is 2.52. The molecule has 1 N–H and O–H groups in total. The van der Waals surface area contributed by atoms with Gasteiger partial charge in [0, 0.05) is 44.5 Å². The fraction of sp³-hybridized carbons (Fsp3) is 0.304. The minimum Gasteiger partial charge on any atom is -0.353 e. The van der Waals surface area contributed by atoms with Crippen molar-refractivity contribution >= 4 is 22.5 Å². The van der Waals surface area contributed by atoms with Crippen molar-refractivity contribution in [2.75, 3.05) is 31.1 Å². The van der Waals surface area contributed by atoms with Crippen LogP contribution in [0.3, 0.4) is 0 Å². The number of aromatic amines is 1. The lowest BCUT2D eigenvalue weighted by molar-refractivity contribution is -0.131. The fourth-order valence-corrected chi connectivity index (χ4v) is 3.89. The van der Waals surface area contributed by atoms with E-state index in [1.54, 1.807) is 24.4 Å². The molecule has 1 aliphatic heterocycles. The number of H-pyrrole nitrogens is 1. The molecule has 8 heteroatoms. The van der Waals surface area contributed by atoms with Crippen LogP contribution in [0.5, 0.6) is 0 Å². The third-order valence-electron chi connectivity index (χ3n) is 5.67. The monoisotopic (exact) mass is 419 g/mol. The minimum atomic E-state index is -0.542. The highest BCUT2D eigenvalue weighted by atomic mass is 19.1. The van der Waals surface area contributed by atoms with Crippen LogP contribution in [0, 0.1) is 24.1 Å². The summed E-state index contributed by atoms with van der Waals surface area (Å²) in [4.78, 5) is 35.9. The van der Waals surface area contributed by atoms with Gasteiger partial charge in [0.1, 0.15) is 17.7 Å². The lowest BCUT2D eigenvalue weighted by atomic mass is 10.0. The van der Waals surface area contributed by atoms with Crippen molar-refractivity contribution in [1.82, 2.24) is 14.9 Å². The summed E-state index contributed by atoms with van der Waals surface area (Å²) in [5, 5.41) is 9.51. The number of nitrogens with zero attached hydrogens (tertiary/aromatic N) is 4. The number of nitrogens with one attached hydrogen (secondary N) is 1. The average molecular weight is 419 g/mol. The Kier molecular flexibility index (Phi) is 5.67. The first-order valence-electron chi connectivity index (χ1n) is 10.2. The Morgan fingerprint density at radius 3 is 2.68 bits per heavy atom. The molecule has 0 spiro atoms. The van der Waals surface area contributed by atoms with Crippen LogP contribution < -0.4 is 10.5 Å². The van der Waals surface area contributed by atoms with Crippen molar-refractivity contribution in [3.8, 4) is 6.07 Å². The molecular formula is C23H22FN5O2. The Labute approximate surface area is 178 Å². The van der Waals surface area contributed by atoms with E-state index < -0.39 is 11.4 Å². The van der Waals surface area contributed by atoms with Crippen LogP contribution in [-0.2, 0) is 11.2 Å². The zero-order chi connectivity index (χ0) is 22.0. The molecule has 31 heavy (non-hydrogen) atoms. The number of amides is 1. The highest BCUT2D eigenvalue weighted by molar-refractivity contribution is 5.85. The summed E-state index contributed by atoms with van der Waals surface area (Å²) < 4.78 is 14.0. The average Bonchev–Trinajstić information content (AvgIpc) is 2.80. The normalized spacial score (nSPS) is 14.0. The van der Waals surface area contributed by atoms with Gasteiger partial charge in [0.2, 0.25) is 5.91 Å². The summed E-state index contributed by atoms with van der Waals surface area (Å²) in [6.45, 7) is 4.32. The van der Waals surface area contributed by atoms with Gasteiger partial charge in [0.15, 0.2) is 0 Å². The van der Waals surface area contributed by atoms with E-state index in [1.807, 2.05) is 17.9 Å². The third-order valence-corrected chi connectivity index (χ3v) is 5.67. The molecule has 3 aromatic rings. The molecule has 1 aromatic carbocycles. The molecule has 1 fully saturated rings. The summed E-state index contributed by atoms with van der Waals surface area (Å²) in [6, 6.07) is 10.3. The van der Waals surface area contributed by atoms with Crippen molar-refractivity contribution < 1.29 is 9.18 Å². The number of fused-ring (bicyclic) bond motifs is 1. The van der Waals surface area contributed by atoms with E-state index in [9.17, 15) is 14.0 Å². The molecule has 1 aliphatic rings. The van der Waals surface area contributed by atoms with E-state index in [-0.39, 0.29) is 17.7 Å². The van der Waals surface area contributed by atoms with Crippen molar-refractivity contribution in [3.05, 3.63) is 69.5 Å². The first-order chi connectivity index (χ1) is 15.0. The third kappa shape index (κ3) is 4.26. The van der Waals surface area contributed by atoms with E-state index in [4.69, 9.17) is 5.26 Å². The topological polar surface area (TPSA) is 93.1 Å². The molecule has 0 atom stereocenters. The van der Waals surface area contributed by atoms with E-state index in [2.05, 4.69) is 20.9 Å². The molecule has 0 bridgehead atoms. The Balaban J connectivity index is 1.37. The summed E-state index contributed by atoms with van der Waals surface area (Å²) in [5.74, 6) is 0.269. The molecule has 158 valence electrons. The molecule has 0 unspecified atom stereocenters. The highest BCUT2D eigenvalue weighted by Crippen LogP contribution is 2.20. The number of aryl methyl sites for hydroxylation is 2. The number of nitriles is 1. The fourth-order valence-electron chi connectivity index (χ4n) is 3.89. The smallest absolute Gasteiger partial charge is 0.259 e. The molecule has 3 heterocycles. The van der Waals surface area contributed by atoms with Gasteiger partial charge in [-0.2, -0.15) is 5.26 Å². The highest BCUT2D eigenvalue weighted by Gasteiger charge is 2.22. The summed E-state index contributed by atoms with van der Waals surface area (Å²) in [7, 11) is 0. The van der Waals surface area contributed by atoms with Crippen LogP contribution >= 0.6 is 0 Å². The maximum Gasteiger partial charge on any atom is 0.259 e. The van der Waals surface area contributed by atoms with Gasteiger partial charge in [-0.1, -0.05) is 6.07 Å². The van der Waals surface area contributed by atoms with Gasteiger partial charge in [-0.25, -0.2) is 9.37 Å². The van der Waals surface area contributed by atoms with Gasteiger partial charge >= 0.3 is 0 Å². The molecule has 0 aliphatic carbocycles. The molecule has 7 nitrogen and oxygen atoms in total. The number of rotatable bonds is 4. The Bertz CT molecular complexity index is 1220. The number of benzene rings is 1. The minimum absolute atomic E-state index is 0.0179. The molecule has 0 saturated carbocycles. The second-order valence-corrected chi connectivity index (χ2v) is 7.66. The molecule has 2 aromatic heterocycles. The number of halogens is 1. The van der Waals surface area contributed by atoms with Gasteiger partial charge in [0.25, 0.3) is 5.56 Å². The first kappa shape index (κ1) is 20.5. The van der Waals surface area contributed by atoms with Crippen LogP contribution in [0.25, 0.3) is 10.8 Å². The van der Waals surface area contributed by atoms with Gasteiger partial charge in [0.05, 0.1) is 10.9 Å². The van der Waals surface area contributed by atoms with Crippen LogP contribution in [0.15, 0.2) is 41.3 Å². The number of hydrogen-bond acceptors (Lipinski definition) is 5. The van der Waals surface area contributed by atoms with Crippen molar-refractivity contribution in [3.63, 3.8) is 0 Å². The standard InChI is InChI=1S/C23H22FN5O2/c1-15-2-5-19(24)22-18(15)12-17(27-23(22)31)4-7-21(30)29-10-8-28(9-11-29)20-6-3-16(13-25)14-26-20/h2-3,5-6,12,14H,4,7-11H2,1H3,(H,27,31). The number of hydrogen-bond donors (Lipinski definition) is 1. The van der Waals surface area contributed by atoms with E-state index in [0.717, 1.165) is 11.4 Å². The quantitative estimate of drug-likeness (QED) is 0.702. The lowest BCUT2D eigenvalue weighted by Gasteiger charge is -2.35. The SMILES string of the molecule is Cc1ccc(F)c2c(=O)[nH]c(CCC(=O)N3CCN(c4ccc(C#N)cn4)CC3)cc12. The van der Waals surface area contributed by atoms with Crippen LogP contribution in [-0.4, -0.2) is 47.0 Å². The van der Waals surface area contributed by atoms with E-state index in [0.29, 0.717) is 49.2 Å². The zero-order valence-electron chi connectivity index (χ0n) is 17.2. The maximum absolute atomic E-state index is 14.0. The van der Waals surface area contributed by atoms with Crippen molar-refractivity contribution in [2.45, 2.75) is 19.8 Å². The maximum atomic E-state index is 14.0. The van der Waals surface area contributed by atoms with E-state index >= 15 is 0 Å². The van der Waals surface area contributed by atoms with Crippen LogP contribution in [0.4, 0.5) is 10.2 Å². The molecular weight excluding hydrogens is 397 g/mol. The van der Waals surface area contributed by atoms with Gasteiger partial charge in [-0.05, 0) is 48.6 Å². The molecule has 0 radical (unpaired) electrons.